The van der Waals surface area contributed by atoms with Crippen LogP contribution in [-0.4, -0.2) is 25.5 Å². The van der Waals surface area contributed by atoms with Crippen molar-refractivity contribution in [1.82, 2.24) is 4.31 Å². The zero-order chi connectivity index (χ0) is 11.1. The highest BCUT2D eigenvalue weighted by Crippen LogP contribution is 2.36. The van der Waals surface area contributed by atoms with Crippen LogP contribution in [0.25, 0.3) is 0 Å². The maximum Gasteiger partial charge on any atom is 0.211 e. The van der Waals surface area contributed by atoms with E-state index in [0.29, 0.717) is 6.54 Å². The molecule has 1 aromatic rings. The van der Waals surface area contributed by atoms with Gasteiger partial charge >= 0.3 is 0 Å². The fraction of sp³-hybridized carbons (Fsp3) is 0.600. The molecule has 5 heteroatoms. The Labute approximate surface area is 94.8 Å². The van der Waals surface area contributed by atoms with Crippen LogP contribution in [0.5, 0.6) is 0 Å². The Morgan fingerprint density at radius 3 is 2.73 bits per heavy atom. The Balaban J connectivity index is 2.30. The molecule has 1 fully saturated rings. The summed E-state index contributed by atoms with van der Waals surface area (Å²) >= 11 is 1.70. The van der Waals surface area contributed by atoms with Crippen LogP contribution in [0.4, 0.5) is 0 Å². The Hall–Kier alpha value is -0.390. The Kier molecular flexibility index (Phi) is 2.87. The molecule has 15 heavy (non-hydrogen) atoms. The van der Waals surface area contributed by atoms with Gasteiger partial charge in [-0.25, -0.2) is 8.42 Å². The Morgan fingerprint density at radius 1 is 1.47 bits per heavy atom. The summed E-state index contributed by atoms with van der Waals surface area (Å²) in [7, 11) is -3.05. The van der Waals surface area contributed by atoms with Crippen molar-refractivity contribution in [3.8, 4) is 0 Å². The minimum atomic E-state index is -3.05. The molecule has 0 unspecified atom stereocenters. The maximum atomic E-state index is 11.6. The summed E-state index contributed by atoms with van der Waals surface area (Å²) < 4.78 is 24.7. The Morgan fingerprint density at radius 2 is 2.20 bits per heavy atom. The molecule has 2 heterocycles. The molecule has 0 amide bonds. The van der Waals surface area contributed by atoms with E-state index in [0.717, 1.165) is 12.8 Å². The summed E-state index contributed by atoms with van der Waals surface area (Å²) in [6.07, 6.45) is 3.22. The van der Waals surface area contributed by atoms with Crippen molar-refractivity contribution in [2.75, 3.05) is 12.8 Å². The number of hydrogen-bond donors (Lipinski definition) is 0. The largest absolute Gasteiger partial charge is 0.212 e. The van der Waals surface area contributed by atoms with Gasteiger partial charge in [0.1, 0.15) is 0 Å². The second-order valence-electron chi connectivity index (χ2n) is 3.98. The SMILES string of the molecule is Cc1ccc([C@H]2CCCN2S(C)(=O)=O)s1. The average Bonchev–Trinajstić information content (AvgIpc) is 2.68. The molecule has 1 aromatic heterocycles. The first-order valence-corrected chi connectivity index (χ1v) is 7.68. The molecule has 1 atom stereocenters. The number of nitrogens with zero attached hydrogens (tertiary/aromatic N) is 1. The highest BCUT2D eigenvalue weighted by atomic mass is 32.2. The second-order valence-corrected chi connectivity index (χ2v) is 7.23. The van der Waals surface area contributed by atoms with Gasteiger partial charge < -0.3 is 0 Å². The molecular formula is C10H15NO2S2. The summed E-state index contributed by atoms with van der Waals surface area (Å²) in [5.41, 5.74) is 0. The lowest BCUT2D eigenvalue weighted by molar-refractivity contribution is 0.405. The molecule has 0 saturated carbocycles. The second kappa shape index (κ2) is 3.88. The number of aryl methyl sites for hydroxylation is 1. The zero-order valence-electron chi connectivity index (χ0n) is 8.93. The number of hydrogen-bond acceptors (Lipinski definition) is 3. The van der Waals surface area contributed by atoms with Crippen LogP contribution in [0.15, 0.2) is 12.1 Å². The predicted octanol–water partition coefficient (Wildman–Crippen LogP) is 2.15. The summed E-state index contributed by atoms with van der Waals surface area (Å²) in [6, 6.07) is 4.19. The number of rotatable bonds is 2. The van der Waals surface area contributed by atoms with Crippen LogP contribution < -0.4 is 0 Å². The van der Waals surface area contributed by atoms with E-state index >= 15 is 0 Å². The molecular weight excluding hydrogens is 230 g/mol. The van der Waals surface area contributed by atoms with Crippen molar-refractivity contribution in [2.45, 2.75) is 25.8 Å². The molecule has 0 aromatic carbocycles. The van der Waals surface area contributed by atoms with Gasteiger partial charge in [0, 0.05) is 16.3 Å². The molecule has 0 spiro atoms. The summed E-state index contributed by atoms with van der Waals surface area (Å²) in [5, 5.41) is 0. The normalized spacial score (nSPS) is 23.5. The zero-order valence-corrected chi connectivity index (χ0v) is 10.6. The van der Waals surface area contributed by atoms with Gasteiger partial charge in [-0.05, 0) is 31.9 Å². The molecule has 0 N–H and O–H groups in total. The first-order chi connectivity index (χ1) is 6.98. The minimum absolute atomic E-state index is 0.0821. The average molecular weight is 245 g/mol. The topological polar surface area (TPSA) is 37.4 Å². The van der Waals surface area contributed by atoms with Crippen LogP contribution in [0.3, 0.4) is 0 Å². The number of thiophene rings is 1. The molecule has 2 rings (SSSR count). The van der Waals surface area contributed by atoms with E-state index in [4.69, 9.17) is 0 Å². The van der Waals surface area contributed by atoms with E-state index in [9.17, 15) is 8.42 Å². The van der Waals surface area contributed by atoms with E-state index in [1.165, 1.54) is 16.0 Å². The van der Waals surface area contributed by atoms with Gasteiger partial charge in [-0.1, -0.05) is 0 Å². The maximum absolute atomic E-state index is 11.6. The molecule has 1 aliphatic rings. The molecule has 0 bridgehead atoms. The van der Waals surface area contributed by atoms with Crippen molar-refractivity contribution in [2.24, 2.45) is 0 Å². The third-order valence-electron chi connectivity index (χ3n) is 2.72. The van der Waals surface area contributed by atoms with Crippen molar-refractivity contribution in [3.05, 3.63) is 21.9 Å². The van der Waals surface area contributed by atoms with Crippen LogP contribution in [-0.2, 0) is 10.0 Å². The summed E-state index contributed by atoms with van der Waals surface area (Å²) in [5.74, 6) is 0. The van der Waals surface area contributed by atoms with E-state index in [-0.39, 0.29) is 6.04 Å². The minimum Gasteiger partial charge on any atom is -0.212 e. The lowest BCUT2D eigenvalue weighted by Crippen LogP contribution is -2.28. The third kappa shape index (κ3) is 2.24. The van der Waals surface area contributed by atoms with Gasteiger partial charge in [0.25, 0.3) is 0 Å². The van der Waals surface area contributed by atoms with Crippen LogP contribution in [0.2, 0.25) is 0 Å². The molecule has 1 saturated heterocycles. The van der Waals surface area contributed by atoms with E-state index in [1.54, 1.807) is 15.6 Å². The van der Waals surface area contributed by atoms with E-state index in [1.807, 2.05) is 13.0 Å². The van der Waals surface area contributed by atoms with Crippen LogP contribution >= 0.6 is 11.3 Å². The molecule has 0 aliphatic carbocycles. The molecule has 3 nitrogen and oxygen atoms in total. The highest BCUT2D eigenvalue weighted by Gasteiger charge is 2.33. The third-order valence-corrected chi connectivity index (χ3v) is 5.11. The van der Waals surface area contributed by atoms with Gasteiger partial charge in [0.15, 0.2) is 0 Å². The van der Waals surface area contributed by atoms with Crippen molar-refractivity contribution < 1.29 is 8.42 Å². The molecule has 0 radical (unpaired) electrons. The van der Waals surface area contributed by atoms with Gasteiger partial charge in [0.2, 0.25) is 10.0 Å². The monoisotopic (exact) mass is 245 g/mol. The van der Waals surface area contributed by atoms with E-state index < -0.39 is 10.0 Å². The van der Waals surface area contributed by atoms with Gasteiger partial charge in [-0.3, -0.25) is 0 Å². The first kappa shape index (κ1) is 11.1. The quantitative estimate of drug-likeness (QED) is 0.800. The summed E-state index contributed by atoms with van der Waals surface area (Å²) in [6.45, 7) is 2.72. The van der Waals surface area contributed by atoms with Crippen molar-refractivity contribution in [3.63, 3.8) is 0 Å². The van der Waals surface area contributed by atoms with Gasteiger partial charge in [-0.15, -0.1) is 11.3 Å². The molecule has 84 valence electrons. The first-order valence-electron chi connectivity index (χ1n) is 5.01. The fourth-order valence-electron chi connectivity index (χ4n) is 2.05. The smallest absolute Gasteiger partial charge is 0.211 e. The van der Waals surface area contributed by atoms with Crippen LogP contribution in [0, 0.1) is 6.92 Å². The van der Waals surface area contributed by atoms with Crippen LogP contribution in [0.1, 0.15) is 28.6 Å². The fourth-order valence-corrected chi connectivity index (χ4v) is 4.29. The summed E-state index contributed by atoms with van der Waals surface area (Å²) in [4.78, 5) is 2.42. The van der Waals surface area contributed by atoms with E-state index in [2.05, 4.69) is 6.07 Å². The lowest BCUT2D eigenvalue weighted by Gasteiger charge is -2.20. The molecule has 1 aliphatic heterocycles. The van der Waals surface area contributed by atoms with Gasteiger partial charge in [0.05, 0.1) is 12.3 Å². The standard InChI is InChI=1S/C10H15NO2S2/c1-8-5-6-10(14-8)9-4-3-7-11(9)15(2,12)13/h5-6,9H,3-4,7H2,1-2H3/t9-/m1/s1. The van der Waals surface area contributed by atoms with Gasteiger partial charge in [-0.2, -0.15) is 4.31 Å². The number of sulfonamides is 1. The van der Waals surface area contributed by atoms with Crippen molar-refractivity contribution in [1.29, 1.82) is 0 Å². The highest BCUT2D eigenvalue weighted by molar-refractivity contribution is 7.88. The lowest BCUT2D eigenvalue weighted by atomic mass is 10.2. The van der Waals surface area contributed by atoms with Crippen molar-refractivity contribution >= 4 is 21.4 Å². The Bertz CT molecular complexity index is 450. The predicted molar refractivity (Wildman–Crippen MR) is 62.6 cm³/mol.